The lowest BCUT2D eigenvalue weighted by molar-refractivity contribution is -0.155. The predicted molar refractivity (Wildman–Crippen MR) is 94.8 cm³/mol. The van der Waals surface area contributed by atoms with Crippen LogP contribution in [0.2, 0.25) is 0 Å². The largest absolute Gasteiger partial charge is 0.460 e. The second-order valence-electron chi connectivity index (χ2n) is 7.99. The summed E-state index contributed by atoms with van der Waals surface area (Å²) < 4.78 is 10.6. The Kier molecular flexibility index (Phi) is 7.00. The lowest BCUT2D eigenvalue weighted by Gasteiger charge is -2.19. The summed E-state index contributed by atoms with van der Waals surface area (Å²) in [5.41, 5.74) is 1.29. The molecular weight excluding hydrogens is 304 g/mol. The van der Waals surface area contributed by atoms with Crippen molar-refractivity contribution >= 4 is 11.9 Å². The molecule has 1 aromatic carbocycles. The van der Waals surface area contributed by atoms with Gasteiger partial charge in [0.1, 0.15) is 11.2 Å². The van der Waals surface area contributed by atoms with Crippen molar-refractivity contribution in [2.24, 2.45) is 0 Å². The van der Waals surface area contributed by atoms with Gasteiger partial charge in [-0.1, -0.05) is 24.3 Å². The molecule has 4 heteroatoms. The maximum absolute atomic E-state index is 11.7. The van der Waals surface area contributed by atoms with E-state index >= 15 is 0 Å². The summed E-state index contributed by atoms with van der Waals surface area (Å²) >= 11 is 0. The molecular formula is C20H30O4. The number of carbonyl (C=O) groups is 2. The van der Waals surface area contributed by atoms with Gasteiger partial charge in [0, 0.05) is 12.8 Å². The highest BCUT2D eigenvalue weighted by Crippen LogP contribution is 2.13. The average Bonchev–Trinajstić information content (AvgIpc) is 2.40. The number of benzene rings is 1. The molecule has 0 aromatic heterocycles. The molecule has 0 atom stereocenters. The SMILES string of the molecule is CC(C)(C)OC(=O)CCc1ccc(CCC(=O)OC(C)(C)C)cc1. The second-order valence-corrected chi connectivity index (χ2v) is 7.99. The van der Waals surface area contributed by atoms with Crippen LogP contribution in [-0.2, 0) is 31.9 Å². The fourth-order valence-electron chi connectivity index (χ4n) is 2.15. The highest BCUT2D eigenvalue weighted by Gasteiger charge is 2.17. The zero-order valence-corrected chi connectivity index (χ0v) is 15.8. The van der Waals surface area contributed by atoms with Crippen LogP contribution in [0, 0.1) is 0 Å². The number of hydrogen-bond acceptors (Lipinski definition) is 4. The highest BCUT2D eigenvalue weighted by molar-refractivity contribution is 5.70. The van der Waals surface area contributed by atoms with E-state index in [1.165, 1.54) is 0 Å². The topological polar surface area (TPSA) is 52.6 Å². The summed E-state index contributed by atoms with van der Waals surface area (Å²) in [5.74, 6) is -0.368. The molecule has 0 saturated carbocycles. The summed E-state index contributed by atoms with van der Waals surface area (Å²) in [7, 11) is 0. The molecule has 0 heterocycles. The Bertz CT molecular complexity index is 493. The van der Waals surface area contributed by atoms with E-state index in [1.54, 1.807) is 0 Å². The van der Waals surface area contributed by atoms with Gasteiger partial charge in [-0.15, -0.1) is 0 Å². The third kappa shape index (κ3) is 9.33. The number of rotatable bonds is 6. The molecule has 0 unspecified atom stereocenters. The normalized spacial score (nSPS) is 11.9. The van der Waals surface area contributed by atoms with Gasteiger partial charge in [-0.05, 0) is 65.5 Å². The Morgan fingerprint density at radius 3 is 1.25 bits per heavy atom. The Labute approximate surface area is 145 Å². The summed E-state index contributed by atoms with van der Waals surface area (Å²) in [6.07, 6.45) is 2.05. The van der Waals surface area contributed by atoms with Crippen molar-refractivity contribution in [3.63, 3.8) is 0 Å². The number of hydrogen-bond donors (Lipinski definition) is 0. The third-order valence-corrected chi connectivity index (χ3v) is 3.10. The van der Waals surface area contributed by atoms with Crippen LogP contribution in [0.15, 0.2) is 24.3 Å². The van der Waals surface area contributed by atoms with E-state index in [1.807, 2.05) is 65.8 Å². The van der Waals surface area contributed by atoms with E-state index in [9.17, 15) is 9.59 Å². The van der Waals surface area contributed by atoms with Crippen molar-refractivity contribution in [3.05, 3.63) is 35.4 Å². The fourth-order valence-corrected chi connectivity index (χ4v) is 2.15. The molecule has 0 aliphatic rings. The van der Waals surface area contributed by atoms with Crippen LogP contribution < -0.4 is 0 Å². The Hall–Kier alpha value is -1.84. The van der Waals surface area contributed by atoms with E-state index in [-0.39, 0.29) is 11.9 Å². The van der Waals surface area contributed by atoms with Gasteiger partial charge in [-0.3, -0.25) is 9.59 Å². The van der Waals surface area contributed by atoms with Crippen molar-refractivity contribution < 1.29 is 19.1 Å². The number of carbonyl (C=O) groups excluding carboxylic acids is 2. The van der Waals surface area contributed by atoms with Crippen molar-refractivity contribution in [3.8, 4) is 0 Å². The van der Waals surface area contributed by atoms with Crippen LogP contribution in [0.1, 0.15) is 65.5 Å². The van der Waals surface area contributed by atoms with E-state index in [0.717, 1.165) is 11.1 Å². The number of esters is 2. The van der Waals surface area contributed by atoms with Gasteiger partial charge in [0.25, 0.3) is 0 Å². The Morgan fingerprint density at radius 2 is 1.00 bits per heavy atom. The average molecular weight is 334 g/mol. The molecule has 24 heavy (non-hydrogen) atoms. The minimum Gasteiger partial charge on any atom is -0.460 e. The van der Waals surface area contributed by atoms with Crippen LogP contribution in [0.25, 0.3) is 0 Å². The van der Waals surface area contributed by atoms with Crippen molar-refractivity contribution in [1.29, 1.82) is 0 Å². The van der Waals surface area contributed by atoms with E-state index in [4.69, 9.17) is 9.47 Å². The summed E-state index contributed by atoms with van der Waals surface area (Å²) in [6.45, 7) is 11.2. The van der Waals surface area contributed by atoms with Crippen LogP contribution in [0.4, 0.5) is 0 Å². The van der Waals surface area contributed by atoms with E-state index in [0.29, 0.717) is 25.7 Å². The molecule has 0 bridgehead atoms. The summed E-state index contributed by atoms with van der Waals surface area (Å²) in [6, 6.07) is 7.98. The lowest BCUT2D eigenvalue weighted by Crippen LogP contribution is -2.24. The molecule has 1 rings (SSSR count). The maximum Gasteiger partial charge on any atom is 0.306 e. The minimum atomic E-state index is -0.442. The van der Waals surface area contributed by atoms with Gasteiger partial charge in [0.05, 0.1) is 0 Å². The lowest BCUT2D eigenvalue weighted by atomic mass is 10.0. The molecule has 0 saturated heterocycles. The van der Waals surface area contributed by atoms with E-state index < -0.39 is 11.2 Å². The Balaban J connectivity index is 2.41. The smallest absolute Gasteiger partial charge is 0.306 e. The van der Waals surface area contributed by atoms with Gasteiger partial charge >= 0.3 is 11.9 Å². The fraction of sp³-hybridized carbons (Fsp3) is 0.600. The summed E-state index contributed by atoms with van der Waals surface area (Å²) in [4.78, 5) is 23.4. The standard InChI is InChI=1S/C20H30O4/c1-19(2,3)23-17(21)13-11-15-7-9-16(10-8-15)12-14-18(22)24-20(4,5)6/h7-10H,11-14H2,1-6H3. The number of aryl methyl sites for hydroxylation is 2. The first-order chi connectivity index (χ1) is 10.9. The van der Waals surface area contributed by atoms with Gasteiger partial charge < -0.3 is 9.47 Å². The molecule has 0 aliphatic heterocycles. The highest BCUT2D eigenvalue weighted by atomic mass is 16.6. The van der Waals surface area contributed by atoms with Crippen molar-refractivity contribution in [2.75, 3.05) is 0 Å². The van der Waals surface area contributed by atoms with Crippen LogP contribution in [0.5, 0.6) is 0 Å². The second kappa shape index (κ2) is 8.32. The van der Waals surface area contributed by atoms with Crippen LogP contribution >= 0.6 is 0 Å². The first-order valence-electron chi connectivity index (χ1n) is 8.46. The zero-order chi connectivity index (χ0) is 18.4. The molecule has 4 nitrogen and oxygen atoms in total. The molecule has 0 spiro atoms. The van der Waals surface area contributed by atoms with Gasteiger partial charge in [-0.25, -0.2) is 0 Å². The van der Waals surface area contributed by atoms with Crippen molar-refractivity contribution in [1.82, 2.24) is 0 Å². The molecule has 134 valence electrons. The monoisotopic (exact) mass is 334 g/mol. The van der Waals surface area contributed by atoms with Crippen LogP contribution in [0.3, 0.4) is 0 Å². The quantitative estimate of drug-likeness (QED) is 0.730. The van der Waals surface area contributed by atoms with Crippen molar-refractivity contribution in [2.45, 2.75) is 78.4 Å². The predicted octanol–water partition coefficient (Wildman–Crippen LogP) is 4.24. The van der Waals surface area contributed by atoms with Gasteiger partial charge in [-0.2, -0.15) is 0 Å². The van der Waals surface area contributed by atoms with Gasteiger partial charge in [0.15, 0.2) is 0 Å². The molecule has 0 N–H and O–H groups in total. The summed E-state index contributed by atoms with van der Waals surface area (Å²) in [5, 5.41) is 0. The van der Waals surface area contributed by atoms with Crippen LogP contribution in [-0.4, -0.2) is 23.1 Å². The minimum absolute atomic E-state index is 0.184. The van der Waals surface area contributed by atoms with Gasteiger partial charge in [0.2, 0.25) is 0 Å². The third-order valence-electron chi connectivity index (χ3n) is 3.10. The Morgan fingerprint density at radius 1 is 0.708 bits per heavy atom. The molecule has 0 radical (unpaired) electrons. The number of ether oxygens (including phenoxy) is 2. The molecule has 0 fully saturated rings. The molecule has 1 aromatic rings. The first-order valence-corrected chi connectivity index (χ1v) is 8.46. The molecule has 0 aliphatic carbocycles. The molecule has 0 amide bonds. The zero-order valence-electron chi connectivity index (χ0n) is 15.8. The first kappa shape index (κ1) is 20.2. The maximum atomic E-state index is 11.7. The van der Waals surface area contributed by atoms with E-state index in [2.05, 4.69) is 0 Å².